The summed E-state index contributed by atoms with van der Waals surface area (Å²) in [6.45, 7) is 9.13. The lowest BCUT2D eigenvalue weighted by Crippen LogP contribution is -2.46. The van der Waals surface area contributed by atoms with Gasteiger partial charge in [0.15, 0.2) is 0 Å². The zero-order valence-electron chi connectivity index (χ0n) is 12.9. The highest BCUT2D eigenvalue weighted by Gasteiger charge is 2.48. The van der Waals surface area contributed by atoms with E-state index in [4.69, 9.17) is 4.98 Å². The van der Waals surface area contributed by atoms with Gasteiger partial charge in [0, 0.05) is 22.6 Å². The minimum atomic E-state index is -0.0674. The van der Waals surface area contributed by atoms with Gasteiger partial charge >= 0.3 is 0 Å². The highest BCUT2D eigenvalue weighted by atomic mass is 15.2. The van der Waals surface area contributed by atoms with Crippen LogP contribution in [0.2, 0.25) is 0 Å². The highest BCUT2D eigenvalue weighted by molar-refractivity contribution is 5.79. The molecular weight excluding hydrogens is 258 g/mol. The molecule has 0 atom stereocenters. The Hall–Kier alpha value is -2.16. The van der Waals surface area contributed by atoms with Crippen molar-refractivity contribution < 1.29 is 0 Å². The van der Waals surface area contributed by atoms with Gasteiger partial charge < -0.3 is 0 Å². The first kappa shape index (κ1) is 12.6. The van der Waals surface area contributed by atoms with Crippen molar-refractivity contribution in [2.75, 3.05) is 0 Å². The van der Waals surface area contributed by atoms with E-state index in [1.165, 1.54) is 5.56 Å². The summed E-state index contributed by atoms with van der Waals surface area (Å²) >= 11 is 0. The van der Waals surface area contributed by atoms with Gasteiger partial charge in [-0.15, -0.1) is 0 Å². The molecule has 0 amide bonds. The van der Waals surface area contributed by atoms with Gasteiger partial charge in [-0.05, 0) is 18.2 Å². The Balaban J connectivity index is 2.22. The summed E-state index contributed by atoms with van der Waals surface area (Å²) < 4.78 is 2.23. The van der Waals surface area contributed by atoms with E-state index >= 15 is 0 Å². The van der Waals surface area contributed by atoms with Gasteiger partial charge in [-0.2, -0.15) is 0 Å². The van der Waals surface area contributed by atoms with Crippen molar-refractivity contribution in [2.45, 2.75) is 38.5 Å². The first-order valence-corrected chi connectivity index (χ1v) is 7.38. The number of benzene rings is 1. The van der Waals surface area contributed by atoms with Gasteiger partial charge in [-0.3, -0.25) is 4.57 Å². The summed E-state index contributed by atoms with van der Waals surface area (Å²) in [5.41, 5.74) is 3.37. The molecule has 0 aliphatic carbocycles. The molecule has 3 heterocycles. The van der Waals surface area contributed by atoms with Crippen LogP contribution >= 0.6 is 0 Å². The summed E-state index contributed by atoms with van der Waals surface area (Å²) in [6.07, 6.45) is 1.87. The van der Waals surface area contributed by atoms with E-state index in [1.54, 1.807) is 0 Å². The van der Waals surface area contributed by atoms with Crippen LogP contribution < -0.4 is 0 Å². The summed E-state index contributed by atoms with van der Waals surface area (Å²) in [7, 11) is 0. The molecule has 0 fully saturated rings. The van der Waals surface area contributed by atoms with Gasteiger partial charge in [-0.1, -0.05) is 45.9 Å². The standard InChI is InChI=1S/C18H19N3/c1-17(2)12-8-7-11-19-15(12)21-14-10-6-5-9-13(14)20-16(21)18(17,3)4/h5-11H,1-4H3. The van der Waals surface area contributed by atoms with Crippen LogP contribution in [-0.4, -0.2) is 14.5 Å². The molecule has 0 bridgehead atoms. The van der Waals surface area contributed by atoms with E-state index < -0.39 is 0 Å². The molecule has 1 aliphatic heterocycles. The number of hydrogen-bond donors (Lipinski definition) is 0. The fraction of sp³-hybridized carbons (Fsp3) is 0.333. The molecule has 4 rings (SSSR count). The Bertz CT molecular complexity index is 856. The molecule has 106 valence electrons. The summed E-state index contributed by atoms with van der Waals surface area (Å²) in [6, 6.07) is 12.5. The van der Waals surface area contributed by atoms with E-state index in [9.17, 15) is 0 Å². The molecule has 0 saturated carbocycles. The van der Waals surface area contributed by atoms with Crippen LogP contribution in [0.5, 0.6) is 0 Å². The number of nitrogens with zero attached hydrogens (tertiary/aromatic N) is 3. The first-order valence-electron chi connectivity index (χ1n) is 7.38. The molecule has 1 aliphatic rings. The lowest BCUT2D eigenvalue weighted by Gasteiger charge is -2.45. The fourth-order valence-corrected chi connectivity index (χ4v) is 3.34. The number of pyridine rings is 1. The molecular formula is C18H19N3. The lowest BCUT2D eigenvalue weighted by molar-refractivity contribution is 0.271. The van der Waals surface area contributed by atoms with E-state index in [0.29, 0.717) is 0 Å². The largest absolute Gasteiger partial charge is 0.280 e. The van der Waals surface area contributed by atoms with Gasteiger partial charge in [-0.25, -0.2) is 9.97 Å². The lowest BCUT2D eigenvalue weighted by atomic mass is 9.62. The monoisotopic (exact) mass is 277 g/mol. The third-order valence-corrected chi connectivity index (χ3v) is 5.35. The Morgan fingerprint density at radius 1 is 0.905 bits per heavy atom. The van der Waals surface area contributed by atoms with Crippen molar-refractivity contribution >= 4 is 11.0 Å². The van der Waals surface area contributed by atoms with E-state index in [1.807, 2.05) is 18.3 Å². The summed E-state index contributed by atoms with van der Waals surface area (Å²) in [5, 5.41) is 0. The Kier molecular flexibility index (Phi) is 2.23. The van der Waals surface area contributed by atoms with E-state index in [-0.39, 0.29) is 10.8 Å². The normalized spacial score (nSPS) is 18.3. The van der Waals surface area contributed by atoms with Gasteiger partial charge in [0.05, 0.1) is 11.0 Å². The number of imidazole rings is 1. The number of rotatable bonds is 0. The number of fused-ring (bicyclic) bond motifs is 5. The van der Waals surface area contributed by atoms with Crippen LogP contribution in [0.1, 0.15) is 39.1 Å². The van der Waals surface area contributed by atoms with Crippen LogP contribution in [0.25, 0.3) is 16.9 Å². The second-order valence-corrected chi connectivity index (χ2v) is 6.88. The number of para-hydroxylation sites is 2. The Morgan fingerprint density at radius 3 is 2.48 bits per heavy atom. The van der Waals surface area contributed by atoms with Crippen LogP contribution in [0.15, 0.2) is 42.6 Å². The topological polar surface area (TPSA) is 30.7 Å². The van der Waals surface area contributed by atoms with Crippen LogP contribution in [0, 0.1) is 0 Å². The zero-order chi connectivity index (χ0) is 14.8. The molecule has 3 heteroatoms. The maximum absolute atomic E-state index is 4.92. The Morgan fingerprint density at radius 2 is 1.67 bits per heavy atom. The van der Waals surface area contributed by atoms with E-state index in [0.717, 1.165) is 22.7 Å². The highest BCUT2D eigenvalue weighted by Crippen LogP contribution is 2.49. The molecule has 0 radical (unpaired) electrons. The van der Waals surface area contributed by atoms with Crippen LogP contribution in [0.3, 0.4) is 0 Å². The summed E-state index contributed by atoms with van der Waals surface area (Å²) in [4.78, 5) is 9.59. The molecule has 0 saturated heterocycles. The predicted molar refractivity (Wildman–Crippen MR) is 84.9 cm³/mol. The minimum Gasteiger partial charge on any atom is -0.280 e. The van der Waals surface area contributed by atoms with E-state index in [2.05, 4.69) is 61.5 Å². The minimum absolute atomic E-state index is 0.0199. The molecule has 2 aromatic heterocycles. The SMILES string of the molecule is CC1(C)c2cccnc2-n2c(nc3ccccc32)C1(C)C. The maximum Gasteiger partial charge on any atom is 0.142 e. The first-order chi connectivity index (χ1) is 9.94. The van der Waals surface area contributed by atoms with Crippen LogP contribution in [-0.2, 0) is 10.8 Å². The quantitative estimate of drug-likeness (QED) is 0.622. The van der Waals surface area contributed by atoms with Crippen LogP contribution in [0.4, 0.5) is 0 Å². The Labute approximate surface area is 124 Å². The average Bonchev–Trinajstić information content (AvgIpc) is 2.86. The third kappa shape index (κ3) is 1.39. The van der Waals surface area contributed by atoms with Crippen molar-refractivity contribution in [3.05, 3.63) is 54.0 Å². The molecule has 21 heavy (non-hydrogen) atoms. The van der Waals surface area contributed by atoms with Gasteiger partial charge in [0.25, 0.3) is 0 Å². The summed E-state index contributed by atoms with van der Waals surface area (Å²) in [5.74, 6) is 2.12. The number of aromatic nitrogens is 3. The second kappa shape index (κ2) is 3.73. The van der Waals surface area contributed by atoms with Crippen molar-refractivity contribution in [3.8, 4) is 5.82 Å². The molecule has 3 nitrogen and oxygen atoms in total. The molecule has 0 spiro atoms. The zero-order valence-corrected chi connectivity index (χ0v) is 12.9. The van der Waals surface area contributed by atoms with Gasteiger partial charge in [0.1, 0.15) is 11.6 Å². The van der Waals surface area contributed by atoms with Gasteiger partial charge in [0.2, 0.25) is 0 Å². The smallest absolute Gasteiger partial charge is 0.142 e. The fourth-order valence-electron chi connectivity index (χ4n) is 3.34. The van der Waals surface area contributed by atoms with Crippen molar-refractivity contribution in [2.24, 2.45) is 0 Å². The molecule has 0 unspecified atom stereocenters. The maximum atomic E-state index is 4.92. The second-order valence-electron chi connectivity index (χ2n) is 6.88. The van der Waals surface area contributed by atoms with Crippen molar-refractivity contribution in [1.82, 2.24) is 14.5 Å². The van der Waals surface area contributed by atoms with Crippen molar-refractivity contribution in [3.63, 3.8) is 0 Å². The average molecular weight is 277 g/mol. The molecule has 3 aromatic rings. The molecule has 0 N–H and O–H groups in total. The number of hydrogen-bond acceptors (Lipinski definition) is 2. The third-order valence-electron chi connectivity index (χ3n) is 5.35. The molecule has 1 aromatic carbocycles. The predicted octanol–water partition coefficient (Wildman–Crippen LogP) is 3.99. The van der Waals surface area contributed by atoms with Crippen molar-refractivity contribution in [1.29, 1.82) is 0 Å².